The van der Waals surface area contributed by atoms with Gasteiger partial charge in [-0.3, -0.25) is 10.9 Å². The van der Waals surface area contributed by atoms with Crippen LogP contribution in [0.3, 0.4) is 0 Å². The summed E-state index contributed by atoms with van der Waals surface area (Å²) < 4.78 is 38.4. The fourth-order valence-corrected chi connectivity index (χ4v) is 0.711. The van der Waals surface area contributed by atoms with Crippen molar-refractivity contribution < 1.29 is 22.7 Å². The molecule has 1 rings (SSSR count). The molecule has 0 saturated carbocycles. The quantitative estimate of drug-likeness (QED) is 0.215. The average molecular weight is 267 g/mol. The highest BCUT2D eigenvalue weighted by Gasteiger charge is 2.30. The third-order valence-electron chi connectivity index (χ3n) is 1.38. The van der Waals surface area contributed by atoms with Crippen LogP contribution in [0.2, 0.25) is 0 Å². The highest BCUT2D eigenvalue weighted by atomic mass is 19.4. The maximum Gasteiger partial charge on any atom is 0.573 e. The highest BCUT2D eigenvalue weighted by molar-refractivity contribution is 5.72. The third kappa shape index (κ3) is 8.01. The molecule has 0 saturated heterocycles. The van der Waals surface area contributed by atoms with Gasteiger partial charge in [-0.05, 0) is 24.3 Å². The molecule has 1 aromatic rings. The molecular formula is C8H12F3N5O2. The van der Waals surface area contributed by atoms with Crippen LogP contribution in [0.1, 0.15) is 0 Å². The number of benzene rings is 1. The van der Waals surface area contributed by atoms with Gasteiger partial charge in [0.15, 0.2) is 0 Å². The number of nitrogens with two attached hydrogens (primary N) is 3. The Morgan fingerprint density at radius 3 is 1.83 bits per heavy atom. The van der Waals surface area contributed by atoms with E-state index in [1.165, 1.54) is 12.1 Å². The molecule has 2 amide bonds. The Morgan fingerprint density at radius 1 is 1.11 bits per heavy atom. The Balaban J connectivity index is 0.000000411. The maximum absolute atomic E-state index is 11.6. The van der Waals surface area contributed by atoms with E-state index in [1.807, 2.05) is 0 Å². The van der Waals surface area contributed by atoms with Crippen LogP contribution in [0.5, 0.6) is 5.75 Å². The number of hydrogen-bond donors (Lipinski definition) is 5. The van der Waals surface area contributed by atoms with Crippen molar-refractivity contribution in [1.29, 1.82) is 0 Å². The number of ether oxygens (including phenoxy) is 1. The molecule has 7 nitrogen and oxygen atoms in total. The van der Waals surface area contributed by atoms with Crippen LogP contribution in [0.4, 0.5) is 23.7 Å². The number of urea groups is 1. The minimum Gasteiger partial charge on any atom is -0.406 e. The monoisotopic (exact) mass is 267 g/mol. The van der Waals surface area contributed by atoms with E-state index < -0.39 is 12.4 Å². The summed E-state index contributed by atoms with van der Waals surface area (Å²) in [5.74, 6) is 8.81. The van der Waals surface area contributed by atoms with E-state index in [0.717, 1.165) is 12.1 Å². The van der Waals surface area contributed by atoms with E-state index in [4.69, 9.17) is 5.73 Å². The van der Waals surface area contributed by atoms with Crippen LogP contribution < -0.4 is 33.0 Å². The molecule has 10 heteroatoms. The molecule has 0 fully saturated rings. The van der Waals surface area contributed by atoms with Crippen LogP contribution in [0.15, 0.2) is 24.3 Å². The fourth-order valence-electron chi connectivity index (χ4n) is 0.711. The number of nitrogen functional groups attached to an aromatic ring is 1. The summed E-state index contributed by atoms with van der Waals surface area (Å²) in [6, 6.07) is 4.38. The molecule has 1 aromatic carbocycles. The van der Waals surface area contributed by atoms with E-state index >= 15 is 0 Å². The topological polar surface area (TPSA) is 128 Å². The molecule has 0 unspecified atom stereocenters. The number of alkyl halides is 3. The number of rotatable bonds is 1. The zero-order valence-corrected chi connectivity index (χ0v) is 8.99. The Kier molecular flexibility index (Phi) is 6.31. The van der Waals surface area contributed by atoms with Crippen molar-refractivity contribution in [3.05, 3.63) is 24.3 Å². The van der Waals surface area contributed by atoms with Gasteiger partial charge in [-0.25, -0.2) is 16.5 Å². The molecule has 0 aromatic heterocycles. The third-order valence-corrected chi connectivity index (χ3v) is 1.38. The van der Waals surface area contributed by atoms with Crippen LogP contribution in [0, 0.1) is 0 Å². The molecule has 0 aliphatic carbocycles. The first-order chi connectivity index (χ1) is 8.28. The number of halogens is 3. The lowest BCUT2D eigenvalue weighted by atomic mass is 10.3. The first-order valence-electron chi connectivity index (χ1n) is 4.37. The van der Waals surface area contributed by atoms with Gasteiger partial charge in [0, 0.05) is 5.69 Å². The summed E-state index contributed by atoms with van der Waals surface area (Å²) in [7, 11) is 0. The second kappa shape index (κ2) is 7.19. The van der Waals surface area contributed by atoms with Gasteiger partial charge in [-0.2, -0.15) is 0 Å². The molecule has 0 heterocycles. The van der Waals surface area contributed by atoms with Gasteiger partial charge >= 0.3 is 12.4 Å². The van der Waals surface area contributed by atoms with Crippen LogP contribution in [0.25, 0.3) is 0 Å². The molecule has 0 radical (unpaired) electrons. The van der Waals surface area contributed by atoms with Crippen molar-refractivity contribution in [3.8, 4) is 5.75 Å². The minimum absolute atomic E-state index is 0.267. The van der Waals surface area contributed by atoms with Crippen LogP contribution in [-0.4, -0.2) is 12.4 Å². The number of nitrogens with one attached hydrogen (secondary N) is 2. The van der Waals surface area contributed by atoms with E-state index in [2.05, 4.69) is 16.4 Å². The Morgan fingerprint density at radius 2 is 1.56 bits per heavy atom. The molecular weight excluding hydrogens is 255 g/mol. The molecule has 8 N–H and O–H groups in total. The first-order valence-corrected chi connectivity index (χ1v) is 4.37. The standard InChI is InChI=1S/C7H6F3NO.CH6N4O/c8-7(9,10)12-6-3-1-5(11)2-4-6;2-4-1(6)5-3/h1-4H,11H2;2-3H2,(H2,4,5,6). The summed E-state index contributed by atoms with van der Waals surface area (Å²) in [6.45, 7) is 0. The minimum atomic E-state index is -4.64. The second-order valence-electron chi connectivity index (χ2n) is 2.73. The van der Waals surface area contributed by atoms with Crippen molar-refractivity contribution in [2.24, 2.45) is 11.7 Å². The van der Waals surface area contributed by atoms with Gasteiger partial charge in [0.2, 0.25) is 0 Å². The molecule has 102 valence electrons. The molecule has 0 aliphatic rings. The molecule has 0 spiro atoms. The van der Waals surface area contributed by atoms with Gasteiger partial charge < -0.3 is 10.5 Å². The summed E-state index contributed by atoms with van der Waals surface area (Å²) in [5, 5.41) is 0. The van der Waals surface area contributed by atoms with Crippen molar-refractivity contribution in [2.75, 3.05) is 5.73 Å². The number of hydrogen-bond acceptors (Lipinski definition) is 5. The van der Waals surface area contributed by atoms with Gasteiger partial charge in [-0.15, -0.1) is 13.2 Å². The largest absolute Gasteiger partial charge is 0.573 e. The highest BCUT2D eigenvalue weighted by Crippen LogP contribution is 2.22. The predicted octanol–water partition coefficient (Wildman–Crippen LogP) is 0.200. The molecule has 0 atom stereocenters. The van der Waals surface area contributed by atoms with E-state index in [9.17, 15) is 18.0 Å². The molecule has 0 bridgehead atoms. The lowest BCUT2D eigenvalue weighted by molar-refractivity contribution is -0.274. The predicted molar refractivity (Wildman–Crippen MR) is 57.6 cm³/mol. The smallest absolute Gasteiger partial charge is 0.406 e. The number of anilines is 1. The van der Waals surface area contributed by atoms with E-state index in [1.54, 1.807) is 10.9 Å². The normalized spacial score (nSPS) is 9.83. The zero-order chi connectivity index (χ0) is 14.2. The van der Waals surface area contributed by atoms with Gasteiger partial charge in [0.1, 0.15) is 5.75 Å². The first kappa shape index (κ1) is 15.8. The van der Waals surface area contributed by atoms with Gasteiger partial charge in [0.05, 0.1) is 0 Å². The van der Waals surface area contributed by atoms with Gasteiger partial charge in [-0.1, -0.05) is 0 Å². The SMILES string of the molecule is NNC(=O)NN.Nc1ccc(OC(F)(F)F)cc1. The summed E-state index contributed by atoms with van der Waals surface area (Å²) in [6.07, 6.45) is -4.64. The zero-order valence-electron chi connectivity index (χ0n) is 8.99. The maximum atomic E-state index is 11.6. The van der Waals surface area contributed by atoms with E-state index in [-0.39, 0.29) is 5.75 Å². The lowest BCUT2D eigenvalue weighted by Crippen LogP contribution is -2.43. The Labute approximate surface area is 100.0 Å². The van der Waals surface area contributed by atoms with Crippen LogP contribution >= 0.6 is 0 Å². The van der Waals surface area contributed by atoms with Crippen molar-refractivity contribution in [2.45, 2.75) is 6.36 Å². The van der Waals surface area contributed by atoms with Crippen molar-refractivity contribution in [3.63, 3.8) is 0 Å². The number of amides is 2. The van der Waals surface area contributed by atoms with Crippen molar-refractivity contribution in [1.82, 2.24) is 10.9 Å². The van der Waals surface area contributed by atoms with Crippen molar-refractivity contribution >= 4 is 11.7 Å². The Hall–Kier alpha value is -2.20. The van der Waals surface area contributed by atoms with Crippen LogP contribution in [-0.2, 0) is 0 Å². The summed E-state index contributed by atoms with van der Waals surface area (Å²) in [5.41, 5.74) is 9.13. The second-order valence-corrected chi connectivity index (χ2v) is 2.73. The average Bonchev–Trinajstić information content (AvgIpc) is 2.30. The fraction of sp³-hybridized carbons (Fsp3) is 0.125. The van der Waals surface area contributed by atoms with E-state index in [0.29, 0.717) is 5.69 Å². The Bertz CT molecular complexity index is 362. The molecule has 18 heavy (non-hydrogen) atoms. The number of carbonyl (C=O) groups excluding carboxylic acids is 1. The van der Waals surface area contributed by atoms with Gasteiger partial charge in [0.25, 0.3) is 0 Å². The molecule has 0 aliphatic heterocycles. The number of hydrazine groups is 2. The summed E-state index contributed by atoms with van der Waals surface area (Å²) >= 11 is 0. The summed E-state index contributed by atoms with van der Waals surface area (Å²) in [4.78, 5) is 9.71. The number of carbonyl (C=O) groups is 1. The lowest BCUT2D eigenvalue weighted by Gasteiger charge is -2.07.